The first-order valence-electron chi connectivity index (χ1n) is 6.08. The molecule has 0 aliphatic carbocycles. The summed E-state index contributed by atoms with van der Waals surface area (Å²) in [5.41, 5.74) is 1.87. The average molecular weight is 265 g/mol. The third-order valence-corrected chi connectivity index (χ3v) is 5.20. The highest BCUT2D eigenvalue weighted by molar-refractivity contribution is 7.91. The van der Waals surface area contributed by atoms with Crippen molar-refractivity contribution in [2.24, 2.45) is 0 Å². The second-order valence-electron chi connectivity index (χ2n) is 4.83. The van der Waals surface area contributed by atoms with Gasteiger partial charge in [0.15, 0.2) is 11.5 Å². The van der Waals surface area contributed by atoms with Crippen LogP contribution in [0.15, 0.2) is 18.2 Å². The number of fused-ring (bicyclic) bond motifs is 1. The lowest BCUT2D eigenvalue weighted by Crippen LogP contribution is -2.22. The molecule has 3 heterocycles. The predicted molar refractivity (Wildman–Crippen MR) is 68.4 cm³/mol. The van der Waals surface area contributed by atoms with E-state index >= 15 is 0 Å². The van der Waals surface area contributed by atoms with Crippen molar-refractivity contribution >= 4 is 15.5 Å². The topological polar surface area (TPSA) is 64.3 Å². The highest BCUT2D eigenvalue weighted by Crippen LogP contribution is 2.27. The Labute approximate surface area is 106 Å². The lowest BCUT2D eigenvalue weighted by molar-refractivity contribution is 0.536. The van der Waals surface area contributed by atoms with Gasteiger partial charge in [-0.25, -0.2) is 17.9 Å². The Kier molecular flexibility index (Phi) is 2.62. The molecule has 1 saturated heterocycles. The fraction of sp³-hybridized carbons (Fsp3) is 0.500. The Hall–Kier alpha value is -1.43. The van der Waals surface area contributed by atoms with Crippen LogP contribution in [0, 0.1) is 6.92 Å². The number of aromatic nitrogens is 3. The van der Waals surface area contributed by atoms with E-state index in [1.807, 2.05) is 29.6 Å². The van der Waals surface area contributed by atoms with Gasteiger partial charge in [0.1, 0.15) is 9.84 Å². The van der Waals surface area contributed by atoms with E-state index in [-0.39, 0.29) is 17.4 Å². The maximum absolute atomic E-state index is 11.4. The third kappa shape index (κ3) is 2.01. The summed E-state index contributed by atoms with van der Waals surface area (Å²) in [6.07, 6.45) is 1.27. The van der Waals surface area contributed by atoms with Gasteiger partial charge in [0, 0.05) is 11.6 Å². The molecule has 1 aliphatic heterocycles. The van der Waals surface area contributed by atoms with Gasteiger partial charge in [-0.2, -0.15) is 5.10 Å². The fourth-order valence-electron chi connectivity index (χ4n) is 2.37. The molecule has 2 aromatic rings. The van der Waals surface area contributed by atoms with Crippen molar-refractivity contribution in [3.05, 3.63) is 29.7 Å². The van der Waals surface area contributed by atoms with E-state index in [4.69, 9.17) is 0 Å². The van der Waals surface area contributed by atoms with E-state index in [0.29, 0.717) is 12.8 Å². The van der Waals surface area contributed by atoms with Gasteiger partial charge in [0.05, 0.1) is 11.5 Å². The van der Waals surface area contributed by atoms with E-state index in [1.165, 1.54) is 0 Å². The number of nitrogens with zero attached hydrogens (tertiary/aromatic N) is 3. The van der Waals surface area contributed by atoms with Gasteiger partial charge in [-0.05, 0) is 31.9 Å². The molecule has 2 aromatic heterocycles. The van der Waals surface area contributed by atoms with Gasteiger partial charge in [-0.1, -0.05) is 6.07 Å². The first kappa shape index (κ1) is 11.6. The number of sulfone groups is 1. The number of hydrogen-bond acceptors (Lipinski definition) is 4. The maximum atomic E-state index is 11.4. The zero-order valence-electron chi connectivity index (χ0n) is 10.2. The van der Waals surface area contributed by atoms with E-state index in [2.05, 4.69) is 10.1 Å². The van der Waals surface area contributed by atoms with Crippen molar-refractivity contribution in [1.29, 1.82) is 0 Å². The zero-order valence-corrected chi connectivity index (χ0v) is 11.0. The second-order valence-corrected chi connectivity index (χ2v) is 7.14. The summed E-state index contributed by atoms with van der Waals surface area (Å²) in [6.45, 7) is 1.98. The summed E-state index contributed by atoms with van der Waals surface area (Å²) >= 11 is 0. The van der Waals surface area contributed by atoms with Gasteiger partial charge >= 0.3 is 0 Å². The average Bonchev–Trinajstić information content (AvgIpc) is 2.74. The van der Waals surface area contributed by atoms with E-state index in [1.54, 1.807) is 0 Å². The van der Waals surface area contributed by atoms with Crippen LogP contribution >= 0.6 is 0 Å². The van der Waals surface area contributed by atoms with Crippen LogP contribution in [0.25, 0.3) is 5.65 Å². The van der Waals surface area contributed by atoms with Crippen LogP contribution in [0.3, 0.4) is 0 Å². The molecule has 0 spiro atoms. The van der Waals surface area contributed by atoms with E-state index in [0.717, 1.165) is 17.2 Å². The summed E-state index contributed by atoms with van der Waals surface area (Å²) in [5, 5.41) is 4.49. The third-order valence-electron chi connectivity index (χ3n) is 3.49. The van der Waals surface area contributed by atoms with E-state index < -0.39 is 9.84 Å². The Bertz CT molecular complexity index is 676. The Balaban J connectivity index is 1.94. The number of rotatable bonds is 1. The predicted octanol–water partition coefficient (Wildman–Crippen LogP) is 1.33. The molecular formula is C12H15N3O2S. The molecule has 3 rings (SSSR count). The molecule has 0 atom stereocenters. The fourth-order valence-corrected chi connectivity index (χ4v) is 3.86. The van der Waals surface area contributed by atoms with Crippen LogP contribution in [0.1, 0.15) is 30.3 Å². The normalized spacial score (nSPS) is 20.3. The van der Waals surface area contributed by atoms with Crippen molar-refractivity contribution in [2.45, 2.75) is 25.7 Å². The van der Waals surface area contributed by atoms with Crippen LogP contribution in [0.4, 0.5) is 0 Å². The smallest absolute Gasteiger partial charge is 0.155 e. The highest BCUT2D eigenvalue weighted by Gasteiger charge is 2.27. The second kappa shape index (κ2) is 4.05. The zero-order chi connectivity index (χ0) is 12.8. The summed E-state index contributed by atoms with van der Waals surface area (Å²) in [4.78, 5) is 4.50. The van der Waals surface area contributed by atoms with Crippen LogP contribution in [-0.4, -0.2) is 34.5 Å². The Morgan fingerprint density at radius 1 is 1.28 bits per heavy atom. The van der Waals surface area contributed by atoms with Gasteiger partial charge in [0.25, 0.3) is 0 Å². The van der Waals surface area contributed by atoms with Gasteiger partial charge in [0.2, 0.25) is 0 Å². The highest BCUT2D eigenvalue weighted by atomic mass is 32.2. The van der Waals surface area contributed by atoms with Crippen molar-refractivity contribution in [1.82, 2.24) is 14.6 Å². The van der Waals surface area contributed by atoms with Crippen molar-refractivity contribution in [3.63, 3.8) is 0 Å². The minimum absolute atomic E-state index is 0.174. The van der Waals surface area contributed by atoms with Crippen molar-refractivity contribution in [2.75, 3.05) is 11.5 Å². The number of aryl methyl sites for hydroxylation is 1. The number of hydrogen-bond donors (Lipinski definition) is 0. The minimum atomic E-state index is -2.82. The summed E-state index contributed by atoms with van der Waals surface area (Å²) in [7, 11) is -2.82. The molecule has 96 valence electrons. The molecular weight excluding hydrogens is 250 g/mol. The summed E-state index contributed by atoms with van der Waals surface area (Å²) < 4.78 is 24.6. The molecule has 0 saturated carbocycles. The summed E-state index contributed by atoms with van der Waals surface area (Å²) in [6, 6.07) is 5.86. The monoisotopic (exact) mass is 265 g/mol. The molecule has 0 aromatic carbocycles. The summed E-state index contributed by atoms with van der Waals surface area (Å²) in [5.74, 6) is 1.46. The van der Waals surface area contributed by atoms with E-state index in [9.17, 15) is 8.42 Å². The SMILES string of the molecule is Cc1cccc2nc(C3CCS(=O)(=O)CC3)nn12. The molecule has 1 fully saturated rings. The van der Waals surface area contributed by atoms with Crippen LogP contribution < -0.4 is 0 Å². The van der Waals surface area contributed by atoms with Gasteiger partial charge in [-0.3, -0.25) is 0 Å². The first-order chi connectivity index (χ1) is 8.55. The quantitative estimate of drug-likeness (QED) is 0.780. The van der Waals surface area contributed by atoms with Gasteiger partial charge < -0.3 is 0 Å². The largest absolute Gasteiger partial charge is 0.229 e. The molecule has 0 amide bonds. The van der Waals surface area contributed by atoms with Crippen LogP contribution in [0.5, 0.6) is 0 Å². The lowest BCUT2D eigenvalue weighted by atomic mass is 10.0. The van der Waals surface area contributed by atoms with Crippen LogP contribution in [-0.2, 0) is 9.84 Å². The number of pyridine rings is 1. The van der Waals surface area contributed by atoms with Crippen molar-refractivity contribution in [3.8, 4) is 0 Å². The first-order valence-corrected chi connectivity index (χ1v) is 7.90. The molecule has 0 N–H and O–H groups in total. The van der Waals surface area contributed by atoms with Gasteiger partial charge in [-0.15, -0.1) is 0 Å². The lowest BCUT2D eigenvalue weighted by Gasteiger charge is -2.18. The standard InChI is InChI=1S/C12H15N3O2S/c1-9-3-2-4-11-13-12(14-15(9)11)10-5-7-18(16,17)8-6-10/h2-4,10H,5-8H2,1H3. The maximum Gasteiger partial charge on any atom is 0.155 e. The molecule has 6 heteroatoms. The Morgan fingerprint density at radius 3 is 2.67 bits per heavy atom. The molecule has 0 unspecified atom stereocenters. The molecule has 1 aliphatic rings. The minimum Gasteiger partial charge on any atom is -0.229 e. The van der Waals surface area contributed by atoms with Crippen LogP contribution in [0.2, 0.25) is 0 Å². The molecule has 0 bridgehead atoms. The van der Waals surface area contributed by atoms with Crippen molar-refractivity contribution < 1.29 is 8.42 Å². The molecule has 0 radical (unpaired) electrons. The Morgan fingerprint density at radius 2 is 2.00 bits per heavy atom. The molecule has 5 nitrogen and oxygen atoms in total. The molecule has 18 heavy (non-hydrogen) atoms.